The number of aromatic nitrogens is 2. The van der Waals surface area contributed by atoms with Gasteiger partial charge in [-0.25, -0.2) is 9.13 Å². The monoisotopic (exact) mass is 217 g/mol. The Balaban J connectivity index is 3.01. The first-order valence-electron chi connectivity index (χ1n) is 5.94. The Morgan fingerprint density at radius 1 is 1.12 bits per heavy atom. The van der Waals surface area contributed by atoms with Crippen molar-refractivity contribution in [3.63, 3.8) is 0 Å². The number of aryl methyl sites for hydroxylation is 4. The predicted molar refractivity (Wildman–Crippen MR) is 67.7 cm³/mol. The summed E-state index contributed by atoms with van der Waals surface area (Å²) in [5.74, 6) is 1.32. The van der Waals surface area contributed by atoms with E-state index in [4.69, 9.17) is 0 Å². The second-order valence-electron chi connectivity index (χ2n) is 4.66. The maximum absolute atomic E-state index is 2.38. The molecule has 0 radical (unpaired) electrons. The second-order valence-corrected chi connectivity index (χ2v) is 4.66. The third-order valence-electron chi connectivity index (χ3n) is 3.92. The van der Waals surface area contributed by atoms with Crippen molar-refractivity contribution in [1.29, 1.82) is 0 Å². The lowest BCUT2D eigenvalue weighted by Gasteiger charge is -2.04. The standard InChI is InChI=1S/C14H21N2/c1-7-16-12(5)15(6)14-11(4)10(3)9(2)8-13(14)16/h8H,7H2,1-6H3/q+1. The zero-order valence-electron chi connectivity index (χ0n) is 11.2. The first-order valence-corrected chi connectivity index (χ1v) is 5.94. The van der Waals surface area contributed by atoms with Crippen LogP contribution in [-0.4, -0.2) is 4.57 Å². The fourth-order valence-corrected chi connectivity index (χ4v) is 2.59. The Kier molecular flexibility index (Phi) is 2.53. The van der Waals surface area contributed by atoms with Crippen LogP contribution in [0.25, 0.3) is 11.0 Å². The summed E-state index contributed by atoms with van der Waals surface area (Å²) < 4.78 is 4.69. The van der Waals surface area contributed by atoms with E-state index >= 15 is 0 Å². The molecule has 0 fully saturated rings. The van der Waals surface area contributed by atoms with Gasteiger partial charge in [-0.1, -0.05) is 0 Å². The molecule has 0 amide bonds. The van der Waals surface area contributed by atoms with E-state index in [1.165, 1.54) is 33.5 Å². The zero-order valence-corrected chi connectivity index (χ0v) is 11.2. The van der Waals surface area contributed by atoms with Gasteiger partial charge in [0.15, 0.2) is 11.0 Å². The van der Waals surface area contributed by atoms with Crippen LogP contribution >= 0.6 is 0 Å². The summed E-state index contributed by atoms with van der Waals surface area (Å²) in [5, 5.41) is 0. The van der Waals surface area contributed by atoms with Gasteiger partial charge < -0.3 is 0 Å². The molecule has 0 aliphatic heterocycles. The van der Waals surface area contributed by atoms with Crippen molar-refractivity contribution in [1.82, 2.24) is 4.57 Å². The highest BCUT2D eigenvalue weighted by Crippen LogP contribution is 2.23. The minimum absolute atomic E-state index is 1.03. The van der Waals surface area contributed by atoms with Crippen LogP contribution in [-0.2, 0) is 13.6 Å². The molecule has 0 atom stereocenters. The number of fused-ring (bicyclic) bond motifs is 1. The maximum Gasteiger partial charge on any atom is 0.253 e. The minimum atomic E-state index is 1.03. The molecule has 86 valence electrons. The molecule has 16 heavy (non-hydrogen) atoms. The zero-order chi connectivity index (χ0) is 12.0. The van der Waals surface area contributed by atoms with Gasteiger partial charge in [-0.05, 0) is 44.9 Å². The lowest BCUT2D eigenvalue weighted by atomic mass is 10.0. The number of benzene rings is 1. The summed E-state index contributed by atoms with van der Waals surface area (Å²) in [5.41, 5.74) is 6.95. The topological polar surface area (TPSA) is 8.81 Å². The number of rotatable bonds is 1. The molecule has 1 heterocycles. The Hall–Kier alpha value is -1.31. The lowest BCUT2D eigenvalue weighted by Crippen LogP contribution is -2.31. The third kappa shape index (κ3) is 1.29. The van der Waals surface area contributed by atoms with Crippen molar-refractivity contribution in [2.45, 2.75) is 41.2 Å². The van der Waals surface area contributed by atoms with Gasteiger partial charge in [0.05, 0.1) is 13.6 Å². The van der Waals surface area contributed by atoms with Crippen LogP contribution < -0.4 is 4.57 Å². The second kappa shape index (κ2) is 3.62. The average Bonchev–Trinajstić information content (AvgIpc) is 2.48. The van der Waals surface area contributed by atoms with Crippen LogP contribution in [0.4, 0.5) is 0 Å². The van der Waals surface area contributed by atoms with Gasteiger partial charge in [0.25, 0.3) is 5.82 Å². The smallest absolute Gasteiger partial charge is 0.230 e. The summed E-state index contributed by atoms with van der Waals surface area (Å²) in [4.78, 5) is 0. The number of hydrogen-bond donors (Lipinski definition) is 0. The highest BCUT2D eigenvalue weighted by molar-refractivity contribution is 5.78. The Labute approximate surface area is 97.5 Å². The van der Waals surface area contributed by atoms with Crippen LogP contribution in [0.15, 0.2) is 6.07 Å². The summed E-state index contributed by atoms with van der Waals surface area (Å²) in [6.07, 6.45) is 0. The van der Waals surface area contributed by atoms with E-state index in [0.717, 1.165) is 6.54 Å². The quantitative estimate of drug-likeness (QED) is 0.649. The molecule has 0 saturated carbocycles. The molecule has 0 spiro atoms. The number of imidazole rings is 1. The Morgan fingerprint density at radius 2 is 1.75 bits per heavy atom. The largest absolute Gasteiger partial charge is 0.253 e. The molecule has 1 aromatic carbocycles. The van der Waals surface area contributed by atoms with Crippen molar-refractivity contribution in [2.24, 2.45) is 7.05 Å². The molecule has 2 nitrogen and oxygen atoms in total. The van der Waals surface area contributed by atoms with Gasteiger partial charge in [-0.2, -0.15) is 0 Å². The molecule has 0 unspecified atom stereocenters. The van der Waals surface area contributed by atoms with E-state index in [9.17, 15) is 0 Å². The maximum atomic E-state index is 2.38. The van der Waals surface area contributed by atoms with E-state index in [1.807, 2.05) is 0 Å². The predicted octanol–water partition coefficient (Wildman–Crippen LogP) is 2.72. The Morgan fingerprint density at radius 3 is 2.31 bits per heavy atom. The van der Waals surface area contributed by atoms with E-state index in [0.29, 0.717) is 0 Å². The van der Waals surface area contributed by atoms with Gasteiger partial charge >= 0.3 is 0 Å². The lowest BCUT2D eigenvalue weighted by molar-refractivity contribution is -0.652. The van der Waals surface area contributed by atoms with E-state index in [-0.39, 0.29) is 0 Å². The third-order valence-corrected chi connectivity index (χ3v) is 3.92. The van der Waals surface area contributed by atoms with Gasteiger partial charge in [0.2, 0.25) is 0 Å². The van der Waals surface area contributed by atoms with Crippen LogP contribution in [0.1, 0.15) is 29.4 Å². The molecule has 2 heteroatoms. The van der Waals surface area contributed by atoms with E-state index in [2.05, 4.69) is 56.9 Å². The van der Waals surface area contributed by atoms with Crippen molar-refractivity contribution in [3.8, 4) is 0 Å². The molecule has 2 aromatic rings. The van der Waals surface area contributed by atoms with Gasteiger partial charge in [-0.3, -0.25) is 0 Å². The molecule has 0 saturated heterocycles. The van der Waals surface area contributed by atoms with Crippen LogP contribution in [0.5, 0.6) is 0 Å². The molecule has 0 aliphatic rings. The van der Waals surface area contributed by atoms with Crippen LogP contribution in [0.2, 0.25) is 0 Å². The highest BCUT2D eigenvalue weighted by atomic mass is 15.1. The molecule has 0 bridgehead atoms. The van der Waals surface area contributed by atoms with Crippen molar-refractivity contribution < 1.29 is 4.57 Å². The number of hydrogen-bond acceptors (Lipinski definition) is 0. The van der Waals surface area contributed by atoms with Crippen LogP contribution in [0, 0.1) is 27.7 Å². The van der Waals surface area contributed by atoms with Crippen molar-refractivity contribution >= 4 is 11.0 Å². The van der Waals surface area contributed by atoms with Gasteiger partial charge in [-0.15, -0.1) is 0 Å². The Bertz CT molecular complexity index is 562. The summed E-state index contributed by atoms with van der Waals surface area (Å²) in [6.45, 7) is 12.1. The molecule has 0 N–H and O–H groups in total. The molecule has 2 rings (SSSR count). The average molecular weight is 217 g/mol. The van der Waals surface area contributed by atoms with Crippen molar-refractivity contribution in [3.05, 3.63) is 28.6 Å². The summed E-state index contributed by atoms with van der Waals surface area (Å²) >= 11 is 0. The van der Waals surface area contributed by atoms with E-state index < -0.39 is 0 Å². The highest BCUT2D eigenvalue weighted by Gasteiger charge is 2.21. The fourth-order valence-electron chi connectivity index (χ4n) is 2.59. The first kappa shape index (κ1) is 11.2. The van der Waals surface area contributed by atoms with E-state index in [1.54, 1.807) is 0 Å². The minimum Gasteiger partial charge on any atom is -0.230 e. The molecular formula is C14H21N2+. The number of nitrogens with zero attached hydrogens (tertiary/aromatic N) is 2. The van der Waals surface area contributed by atoms with Gasteiger partial charge in [0, 0.05) is 12.5 Å². The normalized spacial score (nSPS) is 11.4. The molecule has 1 aromatic heterocycles. The van der Waals surface area contributed by atoms with Crippen molar-refractivity contribution in [2.75, 3.05) is 0 Å². The van der Waals surface area contributed by atoms with Crippen LogP contribution in [0.3, 0.4) is 0 Å². The first-order chi connectivity index (χ1) is 7.49. The SMILES string of the molecule is CCn1c(C)[n+](C)c2c(C)c(C)c(C)cc21. The molecular weight excluding hydrogens is 196 g/mol. The van der Waals surface area contributed by atoms with Gasteiger partial charge in [0.1, 0.15) is 0 Å². The summed E-state index contributed by atoms with van der Waals surface area (Å²) in [7, 11) is 2.16. The molecule has 0 aliphatic carbocycles. The fraction of sp³-hybridized carbons (Fsp3) is 0.500. The summed E-state index contributed by atoms with van der Waals surface area (Å²) in [6, 6.07) is 2.31.